The molecule has 0 unspecified atom stereocenters. The van der Waals surface area contributed by atoms with Crippen molar-refractivity contribution in [1.29, 1.82) is 0 Å². The molecule has 0 saturated carbocycles. The standard InChI is InChI=1S/C12H16N2O/c1-8(2)14-11(7-15)5-9-3-4-10(13)6-12(9)14/h3-6,8,15H,7,13H2,1-2H3. The van der Waals surface area contributed by atoms with Crippen molar-refractivity contribution in [1.82, 2.24) is 4.57 Å². The highest BCUT2D eigenvalue weighted by Gasteiger charge is 2.10. The highest BCUT2D eigenvalue weighted by atomic mass is 16.3. The number of hydrogen-bond acceptors (Lipinski definition) is 2. The van der Waals surface area contributed by atoms with E-state index in [2.05, 4.69) is 18.4 Å². The van der Waals surface area contributed by atoms with Gasteiger partial charge in [-0.05, 0) is 32.0 Å². The summed E-state index contributed by atoms with van der Waals surface area (Å²) in [4.78, 5) is 0. The topological polar surface area (TPSA) is 51.2 Å². The lowest BCUT2D eigenvalue weighted by molar-refractivity contribution is 0.269. The average Bonchev–Trinajstić information content (AvgIpc) is 2.55. The molecule has 0 bridgehead atoms. The molecule has 0 aliphatic rings. The Bertz CT molecular complexity index is 486. The number of nitrogen functional groups attached to an aromatic ring is 1. The summed E-state index contributed by atoms with van der Waals surface area (Å²) in [6, 6.07) is 8.16. The van der Waals surface area contributed by atoms with Gasteiger partial charge in [0.1, 0.15) is 0 Å². The SMILES string of the molecule is CC(C)n1c(CO)cc2ccc(N)cc21. The van der Waals surface area contributed by atoms with Crippen LogP contribution >= 0.6 is 0 Å². The molecule has 0 aliphatic heterocycles. The molecule has 2 aromatic rings. The quantitative estimate of drug-likeness (QED) is 0.737. The molecular weight excluding hydrogens is 188 g/mol. The Kier molecular flexibility index (Phi) is 2.40. The van der Waals surface area contributed by atoms with Crippen LogP contribution in [0.3, 0.4) is 0 Å². The van der Waals surface area contributed by atoms with Crippen LogP contribution in [0.15, 0.2) is 24.3 Å². The number of aliphatic hydroxyl groups excluding tert-OH is 1. The molecule has 3 heteroatoms. The molecule has 15 heavy (non-hydrogen) atoms. The molecule has 0 atom stereocenters. The maximum Gasteiger partial charge on any atom is 0.0833 e. The van der Waals surface area contributed by atoms with E-state index in [-0.39, 0.29) is 6.61 Å². The van der Waals surface area contributed by atoms with Crippen molar-refractivity contribution in [3.63, 3.8) is 0 Å². The zero-order valence-electron chi connectivity index (χ0n) is 9.07. The number of hydrogen-bond donors (Lipinski definition) is 2. The zero-order valence-corrected chi connectivity index (χ0v) is 9.07. The van der Waals surface area contributed by atoms with Crippen molar-refractivity contribution >= 4 is 16.6 Å². The Balaban J connectivity index is 2.76. The summed E-state index contributed by atoms with van der Waals surface area (Å²) in [5, 5.41) is 10.4. The van der Waals surface area contributed by atoms with E-state index < -0.39 is 0 Å². The normalized spacial score (nSPS) is 11.5. The Morgan fingerprint density at radius 2 is 2.07 bits per heavy atom. The molecule has 1 aromatic heterocycles. The van der Waals surface area contributed by atoms with Gasteiger partial charge in [0, 0.05) is 22.8 Å². The van der Waals surface area contributed by atoms with E-state index in [0.717, 1.165) is 22.3 Å². The Hall–Kier alpha value is -1.48. The number of anilines is 1. The second kappa shape index (κ2) is 3.59. The summed E-state index contributed by atoms with van der Waals surface area (Å²) in [5.74, 6) is 0. The molecule has 2 rings (SSSR count). The van der Waals surface area contributed by atoms with Crippen LogP contribution in [-0.4, -0.2) is 9.67 Å². The maximum absolute atomic E-state index is 9.29. The first kappa shape index (κ1) is 10.1. The van der Waals surface area contributed by atoms with Gasteiger partial charge in [-0.1, -0.05) is 6.07 Å². The van der Waals surface area contributed by atoms with Crippen LogP contribution in [-0.2, 0) is 6.61 Å². The first-order chi connectivity index (χ1) is 7.13. The first-order valence-electron chi connectivity index (χ1n) is 5.13. The number of aliphatic hydroxyl groups is 1. The molecular formula is C12H16N2O. The van der Waals surface area contributed by atoms with Crippen molar-refractivity contribution in [3.8, 4) is 0 Å². The van der Waals surface area contributed by atoms with E-state index >= 15 is 0 Å². The molecule has 0 radical (unpaired) electrons. The summed E-state index contributed by atoms with van der Waals surface area (Å²) >= 11 is 0. The second-order valence-electron chi connectivity index (χ2n) is 4.08. The number of aromatic nitrogens is 1. The van der Waals surface area contributed by atoms with Crippen molar-refractivity contribution in [2.24, 2.45) is 0 Å². The van der Waals surface area contributed by atoms with Gasteiger partial charge >= 0.3 is 0 Å². The van der Waals surface area contributed by atoms with Crippen LogP contribution in [0.5, 0.6) is 0 Å². The first-order valence-corrected chi connectivity index (χ1v) is 5.13. The van der Waals surface area contributed by atoms with Gasteiger partial charge in [-0.2, -0.15) is 0 Å². The van der Waals surface area contributed by atoms with E-state index in [1.165, 1.54) is 0 Å². The summed E-state index contributed by atoms with van der Waals surface area (Å²) in [5.41, 5.74) is 8.55. The van der Waals surface area contributed by atoms with Crippen molar-refractivity contribution < 1.29 is 5.11 Å². The third-order valence-electron chi connectivity index (χ3n) is 2.62. The fraction of sp³-hybridized carbons (Fsp3) is 0.333. The lowest BCUT2D eigenvalue weighted by atomic mass is 10.2. The Morgan fingerprint density at radius 3 is 2.67 bits per heavy atom. The van der Waals surface area contributed by atoms with E-state index in [4.69, 9.17) is 5.73 Å². The molecule has 3 nitrogen and oxygen atoms in total. The fourth-order valence-electron chi connectivity index (χ4n) is 2.03. The molecule has 0 amide bonds. The highest BCUT2D eigenvalue weighted by molar-refractivity contribution is 5.84. The van der Waals surface area contributed by atoms with Crippen LogP contribution in [0.4, 0.5) is 5.69 Å². The van der Waals surface area contributed by atoms with Crippen LogP contribution in [0.2, 0.25) is 0 Å². The maximum atomic E-state index is 9.29. The van der Waals surface area contributed by atoms with E-state index in [0.29, 0.717) is 6.04 Å². The number of fused-ring (bicyclic) bond motifs is 1. The van der Waals surface area contributed by atoms with Gasteiger partial charge in [0.15, 0.2) is 0 Å². The second-order valence-corrected chi connectivity index (χ2v) is 4.08. The van der Waals surface area contributed by atoms with Crippen molar-refractivity contribution in [3.05, 3.63) is 30.0 Å². The molecule has 1 aromatic carbocycles. The minimum atomic E-state index is 0.0623. The van der Waals surface area contributed by atoms with E-state index in [1.807, 2.05) is 24.3 Å². The minimum Gasteiger partial charge on any atom is -0.399 e. The summed E-state index contributed by atoms with van der Waals surface area (Å²) in [7, 11) is 0. The Labute approximate surface area is 89.1 Å². The minimum absolute atomic E-state index is 0.0623. The van der Waals surface area contributed by atoms with Crippen LogP contribution in [0.1, 0.15) is 25.6 Å². The van der Waals surface area contributed by atoms with Crippen molar-refractivity contribution in [2.75, 3.05) is 5.73 Å². The molecule has 3 N–H and O–H groups in total. The van der Waals surface area contributed by atoms with Crippen LogP contribution in [0, 0.1) is 0 Å². The number of benzene rings is 1. The van der Waals surface area contributed by atoms with Gasteiger partial charge in [0.2, 0.25) is 0 Å². The predicted octanol–water partition coefficient (Wildman–Crippen LogP) is 2.30. The highest BCUT2D eigenvalue weighted by Crippen LogP contribution is 2.25. The smallest absolute Gasteiger partial charge is 0.0833 e. The third kappa shape index (κ3) is 1.59. The lowest BCUT2D eigenvalue weighted by Gasteiger charge is -2.13. The summed E-state index contributed by atoms with van der Waals surface area (Å²) in [6.07, 6.45) is 0. The average molecular weight is 204 g/mol. The molecule has 0 saturated heterocycles. The van der Waals surface area contributed by atoms with Gasteiger partial charge in [0.25, 0.3) is 0 Å². The fourth-order valence-corrected chi connectivity index (χ4v) is 2.03. The third-order valence-corrected chi connectivity index (χ3v) is 2.62. The molecule has 1 heterocycles. The van der Waals surface area contributed by atoms with Crippen molar-refractivity contribution in [2.45, 2.75) is 26.5 Å². The summed E-state index contributed by atoms with van der Waals surface area (Å²) in [6.45, 7) is 4.26. The number of nitrogens with zero attached hydrogens (tertiary/aromatic N) is 1. The van der Waals surface area contributed by atoms with Gasteiger partial charge in [-0.3, -0.25) is 0 Å². The molecule has 80 valence electrons. The van der Waals surface area contributed by atoms with Gasteiger partial charge in [-0.25, -0.2) is 0 Å². The monoisotopic (exact) mass is 204 g/mol. The van der Waals surface area contributed by atoms with Gasteiger partial charge in [-0.15, -0.1) is 0 Å². The van der Waals surface area contributed by atoms with Crippen LogP contribution < -0.4 is 5.73 Å². The number of nitrogens with two attached hydrogens (primary N) is 1. The van der Waals surface area contributed by atoms with Gasteiger partial charge < -0.3 is 15.4 Å². The summed E-state index contributed by atoms with van der Waals surface area (Å²) < 4.78 is 2.12. The number of rotatable bonds is 2. The predicted molar refractivity (Wildman–Crippen MR) is 62.7 cm³/mol. The largest absolute Gasteiger partial charge is 0.399 e. The molecule has 0 spiro atoms. The van der Waals surface area contributed by atoms with Crippen LogP contribution in [0.25, 0.3) is 10.9 Å². The zero-order chi connectivity index (χ0) is 11.0. The van der Waals surface area contributed by atoms with Gasteiger partial charge in [0.05, 0.1) is 12.1 Å². The lowest BCUT2D eigenvalue weighted by Crippen LogP contribution is -2.05. The Morgan fingerprint density at radius 1 is 1.33 bits per heavy atom. The van der Waals surface area contributed by atoms with E-state index in [9.17, 15) is 5.11 Å². The molecule has 0 fully saturated rings. The van der Waals surface area contributed by atoms with E-state index in [1.54, 1.807) is 0 Å². The molecule has 0 aliphatic carbocycles.